The van der Waals surface area contributed by atoms with Crippen LogP contribution in [-0.2, 0) is 4.79 Å². The third kappa shape index (κ3) is 5.70. The number of nitrogens with one attached hydrogen (secondary N) is 2. The Morgan fingerprint density at radius 2 is 1.66 bits per heavy atom. The van der Waals surface area contributed by atoms with E-state index in [1.807, 2.05) is 18.2 Å². The highest BCUT2D eigenvalue weighted by Gasteiger charge is 2.11. The zero-order valence-corrected chi connectivity index (χ0v) is 21.9. The molecular weight excluding hydrogens is 543 g/mol. The zero-order valence-electron chi connectivity index (χ0n) is 19.5. The van der Waals surface area contributed by atoms with E-state index in [-0.39, 0.29) is 5.11 Å². The number of anilines is 1. The van der Waals surface area contributed by atoms with Crippen LogP contribution in [0.5, 0.6) is 0 Å². The second-order valence-electron chi connectivity index (χ2n) is 8.14. The van der Waals surface area contributed by atoms with Gasteiger partial charge in [0.15, 0.2) is 5.11 Å². The maximum Gasteiger partial charge on any atom is 0.344 e. The molecule has 2 heterocycles. The number of amides is 1. The summed E-state index contributed by atoms with van der Waals surface area (Å²) in [5.41, 5.74) is 2.56. The van der Waals surface area contributed by atoms with E-state index in [0.717, 1.165) is 5.39 Å². The molecule has 0 saturated heterocycles. The largest absolute Gasteiger partial charge is 0.457 e. The van der Waals surface area contributed by atoms with Gasteiger partial charge in [0.1, 0.15) is 17.1 Å². The van der Waals surface area contributed by atoms with E-state index in [2.05, 4.69) is 10.6 Å². The lowest BCUT2D eigenvalue weighted by molar-refractivity contribution is -0.115. The Labute approximate surface area is 232 Å². The summed E-state index contributed by atoms with van der Waals surface area (Å²) < 4.78 is 11.2. The van der Waals surface area contributed by atoms with Gasteiger partial charge in [-0.1, -0.05) is 59.6 Å². The standard InChI is InChI=1S/C29H18Cl2N2O4S/c30-23-6-3-5-21(27(23)31)25-14-12-20(36-25)13-15-26(34)33-29(38)32-19-10-8-17(9-11-19)22-16-18-4-1-2-7-24(18)37-28(22)35/h1-16H,(H2,32,33,34,38). The van der Waals surface area contributed by atoms with Crippen LogP contribution in [0, 0.1) is 0 Å². The van der Waals surface area contributed by atoms with Crippen molar-refractivity contribution >= 4 is 69.2 Å². The summed E-state index contributed by atoms with van der Waals surface area (Å²) >= 11 is 17.6. The van der Waals surface area contributed by atoms with Crippen LogP contribution >= 0.6 is 35.4 Å². The number of para-hydroxylation sites is 1. The van der Waals surface area contributed by atoms with Gasteiger partial charge in [0, 0.05) is 22.7 Å². The Morgan fingerprint density at radius 1 is 0.868 bits per heavy atom. The average molecular weight is 561 g/mol. The molecule has 0 aliphatic carbocycles. The van der Waals surface area contributed by atoms with Gasteiger partial charge in [-0.3, -0.25) is 10.1 Å². The minimum absolute atomic E-state index is 0.114. The predicted molar refractivity (Wildman–Crippen MR) is 155 cm³/mol. The number of carbonyl (C=O) groups excluding carboxylic acids is 1. The van der Waals surface area contributed by atoms with Gasteiger partial charge in [-0.05, 0) is 72.4 Å². The van der Waals surface area contributed by atoms with Gasteiger partial charge in [0.05, 0.1) is 15.6 Å². The number of hydrogen-bond donors (Lipinski definition) is 2. The fourth-order valence-electron chi connectivity index (χ4n) is 3.75. The maximum atomic E-state index is 12.4. The number of benzene rings is 3. The van der Waals surface area contributed by atoms with Crippen LogP contribution in [0.3, 0.4) is 0 Å². The number of fused-ring (bicyclic) bond motifs is 1. The van der Waals surface area contributed by atoms with Crippen molar-refractivity contribution in [1.29, 1.82) is 0 Å². The van der Waals surface area contributed by atoms with Crippen molar-refractivity contribution < 1.29 is 13.6 Å². The average Bonchev–Trinajstić information content (AvgIpc) is 3.38. The van der Waals surface area contributed by atoms with Crippen LogP contribution in [0.1, 0.15) is 5.76 Å². The van der Waals surface area contributed by atoms with E-state index < -0.39 is 11.5 Å². The Balaban J connectivity index is 1.20. The molecule has 5 rings (SSSR count). The van der Waals surface area contributed by atoms with Gasteiger partial charge < -0.3 is 14.2 Å². The fraction of sp³-hybridized carbons (Fsp3) is 0. The maximum absolute atomic E-state index is 12.4. The van der Waals surface area contributed by atoms with Gasteiger partial charge in [-0.2, -0.15) is 0 Å². The number of halogens is 2. The SMILES string of the molecule is O=C(C=Cc1ccc(-c2cccc(Cl)c2Cl)o1)NC(=S)Nc1ccc(-c2cc3ccccc3oc2=O)cc1. The second-order valence-corrected chi connectivity index (χ2v) is 9.34. The zero-order chi connectivity index (χ0) is 26.6. The highest BCUT2D eigenvalue weighted by molar-refractivity contribution is 7.80. The molecule has 0 spiro atoms. The predicted octanol–water partition coefficient (Wildman–Crippen LogP) is 7.55. The third-order valence-electron chi connectivity index (χ3n) is 5.57. The van der Waals surface area contributed by atoms with E-state index in [4.69, 9.17) is 44.3 Å². The molecule has 0 fully saturated rings. The number of hydrogen-bond acceptors (Lipinski definition) is 5. The lowest BCUT2D eigenvalue weighted by Gasteiger charge is -2.09. The molecule has 3 aromatic carbocycles. The summed E-state index contributed by atoms with van der Waals surface area (Å²) in [7, 11) is 0. The summed E-state index contributed by atoms with van der Waals surface area (Å²) in [5, 5.41) is 7.28. The lowest BCUT2D eigenvalue weighted by Crippen LogP contribution is -2.32. The van der Waals surface area contributed by atoms with E-state index in [1.165, 1.54) is 12.2 Å². The Morgan fingerprint density at radius 3 is 2.47 bits per heavy atom. The number of furan rings is 1. The molecule has 0 radical (unpaired) electrons. The van der Waals surface area contributed by atoms with Crippen molar-refractivity contribution in [2.75, 3.05) is 5.32 Å². The Bertz CT molecular complexity index is 1760. The first-order valence-corrected chi connectivity index (χ1v) is 12.5. The van der Waals surface area contributed by atoms with Crippen molar-refractivity contribution in [3.05, 3.63) is 117 Å². The number of carbonyl (C=O) groups is 1. The molecule has 9 heteroatoms. The smallest absolute Gasteiger partial charge is 0.344 e. The molecule has 0 atom stereocenters. The summed E-state index contributed by atoms with van der Waals surface area (Å²) in [5.74, 6) is 0.546. The minimum atomic E-state index is -0.438. The van der Waals surface area contributed by atoms with Gasteiger partial charge in [-0.25, -0.2) is 4.79 Å². The molecule has 2 aromatic heterocycles. The summed E-state index contributed by atoms with van der Waals surface area (Å²) in [6.45, 7) is 0. The quantitative estimate of drug-likeness (QED) is 0.131. The number of rotatable bonds is 5. The molecule has 0 aliphatic rings. The summed E-state index contributed by atoms with van der Waals surface area (Å²) in [6, 6.07) is 24.9. The molecule has 0 saturated carbocycles. The van der Waals surface area contributed by atoms with Crippen LogP contribution in [0.2, 0.25) is 10.0 Å². The molecule has 188 valence electrons. The van der Waals surface area contributed by atoms with Gasteiger partial charge in [0.25, 0.3) is 0 Å². The molecule has 0 unspecified atom stereocenters. The van der Waals surface area contributed by atoms with Gasteiger partial charge >= 0.3 is 5.63 Å². The van der Waals surface area contributed by atoms with Crippen LogP contribution < -0.4 is 16.3 Å². The first kappa shape index (κ1) is 25.5. The van der Waals surface area contributed by atoms with Crippen LogP contribution in [0.15, 0.2) is 105 Å². The minimum Gasteiger partial charge on any atom is -0.457 e. The second kappa shape index (κ2) is 11.1. The van der Waals surface area contributed by atoms with Crippen LogP contribution in [0.4, 0.5) is 5.69 Å². The first-order chi connectivity index (χ1) is 18.4. The van der Waals surface area contributed by atoms with E-state index >= 15 is 0 Å². The Kier molecular flexibility index (Phi) is 7.42. The van der Waals surface area contributed by atoms with Crippen molar-refractivity contribution in [3.8, 4) is 22.5 Å². The van der Waals surface area contributed by atoms with Crippen LogP contribution in [-0.4, -0.2) is 11.0 Å². The highest BCUT2D eigenvalue weighted by atomic mass is 35.5. The lowest BCUT2D eigenvalue weighted by atomic mass is 10.1. The fourth-order valence-corrected chi connectivity index (χ4v) is 4.36. The number of thiocarbonyl (C=S) groups is 1. The van der Waals surface area contributed by atoms with E-state index in [1.54, 1.807) is 66.7 Å². The first-order valence-electron chi connectivity index (χ1n) is 11.3. The highest BCUT2D eigenvalue weighted by Crippen LogP contribution is 2.34. The van der Waals surface area contributed by atoms with Crippen molar-refractivity contribution in [2.24, 2.45) is 0 Å². The van der Waals surface area contributed by atoms with Crippen molar-refractivity contribution in [1.82, 2.24) is 5.32 Å². The van der Waals surface area contributed by atoms with Gasteiger partial charge in [-0.15, -0.1) is 0 Å². The monoisotopic (exact) mass is 560 g/mol. The normalized spacial score (nSPS) is 11.1. The van der Waals surface area contributed by atoms with E-state index in [0.29, 0.717) is 49.5 Å². The molecule has 38 heavy (non-hydrogen) atoms. The molecule has 1 amide bonds. The third-order valence-corrected chi connectivity index (χ3v) is 6.60. The van der Waals surface area contributed by atoms with Crippen LogP contribution in [0.25, 0.3) is 39.5 Å². The molecule has 2 N–H and O–H groups in total. The Hall–Kier alpha value is -4.17. The topological polar surface area (TPSA) is 84.5 Å². The molecule has 0 aliphatic heterocycles. The van der Waals surface area contributed by atoms with Gasteiger partial charge in [0.2, 0.25) is 5.91 Å². The molecule has 5 aromatic rings. The summed E-state index contributed by atoms with van der Waals surface area (Å²) in [6.07, 6.45) is 2.82. The van der Waals surface area contributed by atoms with E-state index in [9.17, 15) is 9.59 Å². The molecule has 6 nitrogen and oxygen atoms in total. The van der Waals surface area contributed by atoms with Crippen molar-refractivity contribution in [3.63, 3.8) is 0 Å². The molecular formula is C29H18Cl2N2O4S. The van der Waals surface area contributed by atoms with Crippen molar-refractivity contribution in [2.45, 2.75) is 0 Å². The summed E-state index contributed by atoms with van der Waals surface area (Å²) in [4.78, 5) is 24.7. The molecule has 0 bridgehead atoms.